The lowest BCUT2D eigenvalue weighted by Crippen LogP contribution is -2.32. The van der Waals surface area contributed by atoms with E-state index in [4.69, 9.17) is 21.1 Å². The van der Waals surface area contributed by atoms with Crippen molar-refractivity contribution in [3.63, 3.8) is 0 Å². The van der Waals surface area contributed by atoms with Crippen molar-refractivity contribution >= 4 is 51.4 Å². The Bertz CT molecular complexity index is 1190. The Hall–Kier alpha value is -2.96. The van der Waals surface area contributed by atoms with E-state index < -0.39 is 0 Å². The smallest absolute Gasteiger partial charge is 0.293 e. The number of fused-ring (bicyclic) bond motifs is 1. The van der Waals surface area contributed by atoms with Gasteiger partial charge in [-0.15, -0.1) is 0 Å². The largest absolute Gasteiger partial charge is 0.493 e. The number of nitrogens with zero attached hydrogens (tertiary/aromatic N) is 1. The molecule has 1 aliphatic heterocycles. The van der Waals surface area contributed by atoms with Crippen molar-refractivity contribution in [2.75, 3.05) is 19.8 Å². The highest BCUT2D eigenvalue weighted by atomic mass is 35.5. The zero-order valence-electron chi connectivity index (χ0n) is 17.5. The summed E-state index contributed by atoms with van der Waals surface area (Å²) < 4.78 is 11.6. The van der Waals surface area contributed by atoms with Crippen LogP contribution >= 0.6 is 23.4 Å². The van der Waals surface area contributed by atoms with Crippen LogP contribution in [0, 0.1) is 0 Å². The molecule has 164 valence electrons. The third-order valence-corrected chi connectivity index (χ3v) is 6.17. The van der Waals surface area contributed by atoms with E-state index in [0.29, 0.717) is 28.0 Å². The first-order chi connectivity index (χ1) is 15.6. The van der Waals surface area contributed by atoms with Crippen molar-refractivity contribution in [2.24, 2.45) is 0 Å². The zero-order chi connectivity index (χ0) is 22.5. The van der Waals surface area contributed by atoms with E-state index in [0.717, 1.165) is 34.5 Å². The standard InChI is InChI=1S/C25H22ClNO4S/c1-2-14-30-21-12-11-17-7-3-4-8-18(17)19(21)16-23-24(28)27(25(29)32-23)13-15-31-22-10-6-5-9-20(22)26/h3-12,16H,2,13-15H2,1H3/b23-16-. The van der Waals surface area contributed by atoms with E-state index in [9.17, 15) is 9.59 Å². The number of carbonyl (C=O) groups excluding carboxylic acids is 2. The molecule has 2 amide bonds. The molecule has 7 heteroatoms. The highest BCUT2D eigenvalue weighted by Crippen LogP contribution is 2.37. The predicted octanol–water partition coefficient (Wildman–Crippen LogP) is 6.40. The van der Waals surface area contributed by atoms with Crippen molar-refractivity contribution in [2.45, 2.75) is 13.3 Å². The van der Waals surface area contributed by atoms with Crippen LogP contribution in [0.5, 0.6) is 11.5 Å². The molecular formula is C25H22ClNO4S. The molecule has 1 fully saturated rings. The number of thioether (sulfide) groups is 1. The number of carbonyl (C=O) groups is 2. The lowest BCUT2D eigenvalue weighted by Gasteiger charge is -2.14. The molecule has 1 heterocycles. The maximum Gasteiger partial charge on any atom is 0.293 e. The van der Waals surface area contributed by atoms with Gasteiger partial charge in [0.05, 0.1) is 23.1 Å². The number of amides is 2. The van der Waals surface area contributed by atoms with Gasteiger partial charge in [0.15, 0.2) is 0 Å². The van der Waals surface area contributed by atoms with Crippen LogP contribution in [-0.2, 0) is 4.79 Å². The van der Waals surface area contributed by atoms with Gasteiger partial charge in [-0.25, -0.2) is 0 Å². The molecule has 4 rings (SSSR count). The van der Waals surface area contributed by atoms with Gasteiger partial charge in [-0.05, 0) is 53.2 Å². The number of ether oxygens (including phenoxy) is 2. The van der Waals surface area contributed by atoms with Crippen LogP contribution in [0.3, 0.4) is 0 Å². The molecule has 32 heavy (non-hydrogen) atoms. The number of rotatable bonds is 8. The molecule has 0 atom stereocenters. The number of hydrogen-bond acceptors (Lipinski definition) is 5. The third-order valence-electron chi connectivity index (χ3n) is 4.95. The van der Waals surface area contributed by atoms with Crippen LogP contribution in [0.4, 0.5) is 4.79 Å². The fourth-order valence-corrected chi connectivity index (χ4v) is 4.43. The van der Waals surface area contributed by atoms with Gasteiger partial charge < -0.3 is 9.47 Å². The van der Waals surface area contributed by atoms with Gasteiger partial charge in [0.1, 0.15) is 18.1 Å². The highest BCUT2D eigenvalue weighted by molar-refractivity contribution is 8.18. The predicted molar refractivity (Wildman–Crippen MR) is 129 cm³/mol. The molecule has 1 saturated heterocycles. The number of hydrogen-bond donors (Lipinski definition) is 0. The van der Waals surface area contributed by atoms with Gasteiger partial charge >= 0.3 is 0 Å². The summed E-state index contributed by atoms with van der Waals surface area (Å²) in [5, 5.41) is 2.17. The molecule has 0 spiro atoms. The molecule has 0 saturated carbocycles. The van der Waals surface area contributed by atoms with E-state index in [-0.39, 0.29) is 24.3 Å². The number of para-hydroxylation sites is 1. The lowest BCUT2D eigenvalue weighted by molar-refractivity contribution is -0.123. The van der Waals surface area contributed by atoms with Gasteiger partial charge in [-0.3, -0.25) is 14.5 Å². The SMILES string of the molecule is CCCOc1ccc2ccccc2c1/C=C1\SC(=O)N(CCOc2ccccc2Cl)C1=O. The minimum Gasteiger partial charge on any atom is -0.493 e. The second-order valence-corrected chi connectivity index (χ2v) is 8.56. The van der Waals surface area contributed by atoms with Gasteiger partial charge in [-0.1, -0.05) is 61.0 Å². The van der Waals surface area contributed by atoms with E-state index in [1.54, 1.807) is 18.2 Å². The van der Waals surface area contributed by atoms with Gasteiger partial charge in [0, 0.05) is 5.56 Å². The molecule has 0 unspecified atom stereocenters. The summed E-state index contributed by atoms with van der Waals surface area (Å²) >= 11 is 7.02. The summed E-state index contributed by atoms with van der Waals surface area (Å²) in [5.41, 5.74) is 0.800. The maximum absolute atomic E-state index is 13.0. The number of halogens is 1. The average molecular weight is 468 g/mol. The van der Waals surface area contributed by atoms with Crippen molar-refractivity contribution < 1.29 is 19.1 Å². The third kappa shape index (κ3) is 4.76. The second-order valence-electron chi connectivity index (χ2n) is 7.16. The first-order valence-corrected chi connectivity index (χ1v) is 11.5. The molecule has 0 radical (unpaired) electrons. The molecule has 5 nitrogen and oxygen atoms in total. The molecule has 0 N–H and O–H groups in total. The number of benzene rings is 3. The molecule has 1 aliphatic rings. The average Bonchev–Trinajstić information content (AvgIpc) is 3.07. The zero-order valence-corrected chi connectivity index (χ0v) is 19.1. The normalized spacial score (nSPS) is 15.1. The summed E-state index contributed by atoms with van der Waals surface area (Å²) in [6.45, 7) is 2.91. The Morgan fingerprint density at radius 2 is 1.69 bits per heavy atom. The van der Waals surface area contributed by atoms with E-state index in [1.807, 2.05) is 55.5 Å². The Morgan fingerprint density at radius 1 is 0.938 bits per heavy atom. The summed E-state index contributed by atoms with van der Waals surface area (Å²) in [7, 11) is 0. The van der Waals surface area contributed by atoms with Gasteiger partial charge in [0.2, 0.25) is 0 Å². The van der Waals surface area contributed by atoms with Crippen molar-refractivity contribution in [1.82, 2.24) is 4.90 Å². The summed E-state index contributed by atoms with van der Waals surface area (Å²) in [4.78, 5) is 27.1. The monoisotopic (exact) mass is 467 g/mol. The topological polar surface area (TPSA) is 55.8 Å². The first kappa shape index (κ1) is 22.2. The van der Waals surface area contributed by atoms with Crippen molar-refractivity contribution in [1.29, 1.82) is 0 Å². The molecule has 3 aromatic rings. The van der Waals surface area contributed by atoms with E-state index in [1.165, 1.54) is 4.90 Å². The maximum atomic E-state index is 13.0. The summed E-state index contributed by atoms with van der Waals surface area (Å²) in [6.07, 6.45) is 2.63. The minimum absolute atomic E-state index is 0.141. The van der Waals surface area contributed by atoms with E-state index >= 15 is 0 Å². The quantitative estimate of drug-likeness (QED) is 0.359. The van der Waals surface area contributed by atoms with Crippen LogP contribution in [0.1, 0.15) is 18.9 Å². The van der Waals surface area contributed by atoms with Crippen molar-refractivity contribution in [3.05, 3.63) is 76.2 Å². The molecular weight excluding hydrogens is 446 g/mol. The second kappa shape index (κ2) is 10.1. The summed E-state index contributed by atoms with van der Waals surface area (Å²) in [5.74, 6) is 0.877. The Kier molecular flexibility index (Phi) is 7.02. The lowest BCUT2D eigenvalue weighted by atomic mass is 10.0. The van der Waals surface area contributed by atoms with Crippen LogP contribution in [0.25, 0.3) is 16.8 Å². The minimum atomic E-state index is -0.336. The Balaban J connectivity index is 1.56. The van der Waals surface area contributed by atoms with Crippen LogP contribution < -0.4 is 9.47 Å². The van der Waals surface area contributed by atoms with Gasteiger partial charge in [-0.2, -0.15) is 0 Å². The fourth-order valence-electron chi connectivity index (χ4n) is 3.39. The molecule has 0 bridgehead atoms. The number of imide groups is 1. The molecule has 3 aromatic carbocycles. The van der Waals surface area contributed by atoms with E-state index in [2.05, 4.69) is 0 Å². The Morgan fingerprint density at radius 3 is 2.50 bits per heavy atom. The Labute approximate surface area is 195 Å². The van der Waals surface area contributed by atoms with Crippen molar-refractivity contribution in [3.8, 4) is 11.5 Å². The van der Waals surface area contributed by atoms with Crippen LogP contribution in [0.15, 0.2) is 65.6 Å². The van der Waals surface area contributed by atoms with Crippen LogP contribution in [-0.4, -0.2) is 35.8 Å². The molecule has 0 aliphatic carbocycles. The van der Waals surface area contributed by atoms with Crippen LogP contribution in [0.2, 0.25) is 5.02 Å². The molecule has 0 aromatic heterocycles. The first-order valence-electron chi connectivity index (χ1n) is 10.4. The fraction of sp³-hybridized carbons (Fsp3) is 0.200. The van der Waals surface area contributed by atoms with Gasteiger partial charge in [0.25, 0.3) is 11.1 Å². The summed E-state index contributed by atoms with van der Waals surface area (Å²) in [6, 6.07) is 18.9. The highest BCUT2D eigenvalue weighted by Gasteiger charge is 2.35.